The van der Waals surface area contributed by atoms with Crippen LogP contribution in [-0.2, 0) is 71.4 Å². The van der Waals surface area contributed by atoms with Crippen molar-refractivity contribution in [3.05, 3.63) is 0 Å². The fraction of sp³-hybridized carbons (Fsp3) is 0.750. The van der Waals surface area contributed by atoms with Crippen molar-refractivity contribution >= 4 is 35.8 Å². The Bertz CT molecular complexity index is 981. The van der Waals surface area contributed by atoms with Crippen molar-refractivity contribution in [2.45, 2.75) is 103 Å². The van der Waals surface area contributed by atoms with Crippen LogP contribution in [0.4, 0.5) is 0 Å². The monoisotopic (exact) mass is 594 g/mol. The molecule has 41 heavy (non-hydrogen) atoms. The number of hydrogen-bond donors (Lipinski definition) is 2. The van der Waals surface area contributed by atoms with E-state index in [0.29, 0.717) is 0 Å². The van der Waals surface area contributed by atoms with E-state index in [1.807, 2.05) is 0 Å². The van der Waals surface area contributed by atoms with Gasteiger partial charge in [-0.2, -0.15) is 0 Å². The standard InChI is InChI=1S/C24H34O17/c1-9(25)33-7-15-19(35-11(3)27)17(31)18(32)23(39-15)41-24-22(38-14(6)30)21(37-13(5)29)20(36-12(4)28)16(40-24)8-34-10(2)26/h15-24,31-32H,7-8H2,1-6H3/t15?,16?,17?,18?,19-,20-,21?,22?,23-,24-/m1/s1. The predicted octanol–water partition coefficient (Wildman–Crippen LogP) is -1.97. The molecule has 0 aromatic rings. The highest BCUT2D eigenvalue weighted by atomic mass is 16.8. The van der Waals surface area contributed by atoms with Crippen LogP contribution < -0.4 is 0 Å². The third-order valence-electron chi connectivity index (χ3n) is 5.61. The molecular formula is C24H34O17. The van der Waals surface area contributed by atoms with Gasteiger partial charge in [0, 0.05) is 41.5 Å². The number of carbonyl (C=O) groups is 6. The molecule has 0 saturated carbocycles. The van der Waals surface area contributed by atoms with Gasteiger partial charge in [-0.3, -0.25) is 28.8 Å². The Morgan fingerprint density at radius 2 is 0.902 bits per heavy atom. The van der Waals surface area contributed by atoms with Crippen LogP contribution in [-0.4, -0.2) is 121 Å². The predicted molar refractivity (Wildman–Crippen MR) is 126 cm³/mol. The first-order chi connectivity index (χ1) is 19.1. The second-order valence-electron chi connectivity index (χ2n) is 9.10. The van der Waals surface area contributed by atoms with Crippen LogP contribution in [0.3, 0.4) is 0 Å². The summed E-state index contributed by atoms with van der Waals surface area (Å²) in [7, 11) is 0. The van der Waals surface area contributed by atoms with Crippen molar-refractivity contribution in [1.82, 2.24) is 0 Å². The van der Waals surface area contributed by atoms with Gasteiger partial charge in [0.15, 0.2) is 30.7 Å². The molecular weight excluding hydrogens is 560 g/mol. The summed E-state index contributed by atoms with van der Waals surface area (Å²) in [5, 5.41) is 21.5. The topological polar surface area (TPSA) is 226 Å². The summed E-state index contributed by atoms with van der Waals surface area (Å²) in [4.78, 5) is 70.3. The summed E-state index contributed by atoms with van der Waals surface area (Å²) >= 11 is 0. The minimum Gasteiger partial charge on any atom is -0.463 e. The molecule has 2 saturated heterocycles. The molecule has 2 N–H and O–H groups in total. The molecule has 232 valence electrons. The minimum absolute atomic E-state index is 0.532. The van der Waals surface area contributed by atoms with Crippen molar-refractivity contribution in [2.24, 2.45) is 0 Å². The van der Waals surface area contributed by atoms with Crippen LogP contribution in [0.5, 0.6) is 0 Å². The molecule has 0 radical (unpaired) electrons. The van der Waals surface area contributed by atoms with E-state index < -0.39 is 110 Å². The molecule has 6 unspecified atom stereocenters. The molecule has 0 spiro atoms. The van der Waals surface area contributed by atoms with Crippen molar-refractivity contribution in [3.8, 4) is 0 Å². The number of aliphatic hydroxyl groups is 2. The number of esters is 6. The highest BCUT2D eigenvalue weighted by molar-refractivity contribution is 5.69. The van der Waals surface area contributed by atoms with Crippen molar-refractivity contribution < 1.29 is 81.6 Å². The van der Waals surface area contributed by atoms with E-state index in [0.717, 1.165) is 41.5 Å². The lowest BCUT2D eigenvalue weighted by Crippen LogP contribution is -2.66. The summed E-state index contributed by atoms with van der Waals surface area (Å²) in [6.07, 6.45) is -16.2. The molecule has 2 aliphatic rings. The van der Waals surface area contributed by atoms with Crippen LogP contribution >= 0.6 is 0 Å². The Labute approximate surface area is 234 Å². The van der Waals surface area contributed by atoms with Crippen molar-refractivity contribution in [1.29, 1.82) is 0 Å². The molecule has 17 nitrogen and oxygen atoms in total. The summed E-state index contributed by atoms with van der Waals surface area (Å²) in [5.74, 6) is -4.94. The first-order valence-corrected chi connectivity index (χ1v) is 12.4. The van der Waals surface area contributed by atoms with E-state index in [9.17, 15) is 39.0 Å². The second kappa shape index (κ2) is 15.0. The molecule has 2 rings (SSSR count). The van der Waals surface area contributed by atoms with Gasteiger partial charge in [-0.25, -0.2) is 0 Å². The van der Waals surface area contributed by atoms with Gasteiger partial charge in [-0.15, -0.1) is 0 Å². The highest BCUT2D eigenvalue weighted by Gasteiger charge is 2.55. The number of hydrogen-bond acceptors (Lipinski definition) is 17. The van der Waals surface area contributed by atoms with Gasteiger partial charge in [-0.05, 0) is 0 Å². The Morgan fingerprint density at radius 3 is 1.37 bits per heavy atom. The molecule has 17 heteroatoms. The maximum atomic E-state index is 12.0. The average molecular weight is 595 g/mol. The quantitative estimate of drug-likeness (QED) is 0.206. The number of ether oxygens (including phenoxy) is 9. The molecule has 2 fully saturated rings. The third kappa shape index (κ3) is 9.89. The normalized spacial score (nSPS) is 33.1. The summed E-state index contributed by atoms with van der Waals surface area (Å²) in [5.41, 5.74) is 0. The van der Waals surface area contributed by atoms with Gasteiger partial charge in [-0.1, -0.05) is 0 Å². The van der Waals surface area contributed by atoms with Crippen LogP contribution in [0.2, 0.25) is 0 Å². The van der Waals surface area contributed by atoms with Gasteiger partial charge in [0.25, 0.3) is 0 Å². The molecule has 10 atom stereocenters. The van der Waals surface area contributed by atoms with Gasteiger partial charge >= 0.3 is 35.8 Å². The third-order valence-corrected chi connectivity index (χ3v) is 5.61. The SMILES string of the molecule is CC(=O)OCC1O[C@H](O[C@H]2OC(COC(C)=O)[C@@H](OC(C)=O)C(OC(C)=O)C2OC(C)=O)C(O)C(O)[C@@H]1OC(C)=O. The van der Waals surface area contributed by atoms with E-state index in [1.165, 1.54) is 0 Å². The first-order valence-electron chi connectivity index (χ1n) is 12.4. The van der Waals surface area contributed by atoms with Gasteiger partial charge in [0.1, 0.15) is 37.6 Å². The van der Waals surface area contributed by atoms with Crippen molar-refractivity contribution in [3.63, 3.8) is 0 Å². The summed E-state index contributed by atoms with van der Waals surface area (Å²) in [6, 6.07) is 0. The molecule has 0 aliphatic carbocycles. The molecule has 2 aliphatic heterocycles. The van der Waals surface area contributed by atoms with E-state index in [4.69, 9.17) is 42.6 Å². The van der Waals surface area contributed by atoms with Crippen molar-refractivity contribution in [2.75, 3.05) is 13.2 Å². The molecule has 0 aromatic carbocycles. The molecule has 0 amide bonds. The Kier molecular flexibility index (Phi) is 12.4. The Balaban J connectivity index is 2.46. The van der Waals surface area contributed by atoms with Gasteiger partial charge < -0.3 is 52.8 Å². The summed E-state index contributed by atoms with van der Waals surface area (Å²) in [6.45, 7) is 5.26. The zero-order valence-electron chi connectivity index (χ0n) is 23.2. The van der Waals surface area contributed by atoms with E-state index in [1.54, 1.807) is 0 Å². The number of carbonyl (C=O) groups excluding carboxylic acids is 6. The highest BCUT2D eigenvalue weighted by Crippen LogP contribution is 2.33. The Morgan fingerprint density at radius 1 is 0.512 bits per heavy atom. The Hall–Kier alpha value is -3.38. The van der Waals surface area contributed by atoms with Gasteiger partial charge in [0.05, 0.1) is 0 Å². The van der Waals surface area contributed by atoms with Crippen LogP contribution in [0, 0.1) is 0 Å². The lowest BCUT2D eigenvalue weighted by atomic mass is 9.97. The zero-order chi connectivity index (χ0) is 31.0. The lowest BCUT2D eigenvalue weighted by Gasteiger charge is -2.47. The average Bonchev–Trinajstić information content (AvgIpc) is 2.84. The maximum Gasteiger partial charge on any atom is 0.303 e. The smallest absolute Gasteiger partial charge is 0.303 e. The van der Waals surface area contributed by atoms with Crippen LogP contribution in [0.25, 0.3) is 0 Å². The zero-order valence-corrected chi connectivity index (χ0v) is 23.2. The fourth-order valence-electron chi connectivity index (χ4n) is 4.12. The summed E-state index contributed by atoms with van der Waals surface area (Å²) < 4.78 is 48.0. The minimum atomic E-state index is -1.92. The van der Waals surface area contributed by atoms with E-state index in [-0.39, 0.29) is 0 Å². The lowest BCUT2D eigenvalue weighted by molar-refractivity contribution is -0.377. The largest absolute Gasteiger partial charge is 0.463 e. The van der Waals surface area contributed by atoms with Gasteiger partial charge in [0.2, 0.25) is 6.29 Å². The molecule has 2 heterocycles. The number of aliphatic hydroxyl groups excluding tert-OH is 2. The number of rotatable bonds is 10. The maximum absolute atomic E-state index is 12.0. The van der Waals surface area contributed by atoms with E-state index >= 15 is 0 Å². The van der Waals surface area contributed by atoms with Crippen LogP contribution in [0.1, 0.15) is 41.5 Å². The second-order valence-corrected chi connectivity index (χ2v) is 9.10. The first kappa shape index (κ1) is 33.8. The van der Waals surface area contributed by atoms with Crippen LogP contribution in [0.15, 0.2) is 0 Å². The fourth-order valence-corrected chi connectivity index (χ4v) is 4.12. The molecule has 0 bridgehead atoms. The molecule has 0 aromatic heterocycles. The van der Waals surface area contributed by atoms with E-state index in [2.05, 4.69) is 0 Å².